The summed E-state index contributed by atoms with van der Waals surface area (Å²) in [4.78, 5) is 4.69. The van der Waals surface area contributed by atoms with Crippen molar-refractivity contribution in [1.29, 1.82) is 5.41 Å². The highest BCUT2D eigenvalue weighted by molar-refractivity contribution is 5.97. The first-order chi connectivity index (χ1) is 16.4. The maximum Gasteiger partial charge on any atom is 0.131 e. The molecular weight excluding hydrogens is 426 g/mol. The van der Waals surface area contributed by atoms with Crippen LogP contribution in [0.5, 0.6) is 23.0 Å². The molecule has 0 unspecified atom stereocenters. The van der Waals surface area contributed by atoms with Gasteiger partial charge in [-0.2, -0.15) is 0 Å². The molecule has 0 aliphatic heterocycles. The normalized spacial score (nSPS) is 18.4. The van der Waals surface area contributed by atoms with E-state index in [1.807, 2.05) is 61.5 Å². The molecule has 0 saturated heterocycles. The van der Waals surface area contributed by atoms with Crippen molar-refractivity contribution in [3.8, 4) is 23.0 Å². The Morgan fingerprint density at radius 1 is 0.824 bits per heavy atom. The fraction of sp³-hybridized carbons (Fsp3) is 0.259. The summed E-state index contributed by atoms with van der Waals surface area (Å²) in [6.45, 7) is 1.90. The minimum absolute atomic E-state index is 0.0391. The number of hydrogen-bond acceptors (Lipinski definition) is 5. The number of hydrogen-bond donors (Lipinski definition) is 4. The Balaban J connectivity index is 1.40. The topological polar surface area (TPSA) is 133 Å². The summed E-state index contributed by atoms with van der Waals surface area (Å²) in [6, 6.07) is 21.0. The van der Waals surface area contributed by atoms with Crippen LogP contribution in [0.3, 0.4) is 0 Å². The van der Waals surface area contributed by atoms with Crippen LogP contribution in [0.1, 0.15) is 42.4 Å². The molecule has 7 heteroatoms. The van der Waals surface area contributed by atoms with Gasteiger partial charge in [-0.15, -0.1) is 0 Å². The van der Waals surface area contributed by atoms with Gasteiger partial charge < -0.3 is 26.7 Å². The van der Waals surface area contributed by atoms with Crippen LogP contribution >= 0.6 is 0 Å². The largest absolute Gasteiger partial charge is 0.457 e. The molecule has 0 radical (unpaired) electrons. The number of aryl methyl sites for hydroxylation is 1. The Hall–Kier alpha value is -3.84. The average molecular weight is 458 g/mol. The molecule has 1 aliphatic rings. The van der Waals surface area contributed by atoms with Gasteiger partial charge >= 0.3 is 0 Å². The number of rotatable bonds is 7. The van der Waals surface area contributed by atoms with E-state index in [4.69, 9.17) is 32.1 Å². The van der Waals surface area contributed by atoms with Crippen molar-refractivity contribution in [2.24, 2.45) is 22.2 Å². The molecule has 0 spiro atoms. The third kappa shape index (κ3) is 5.94. The molecule has 7 N–H and O–H groups in total. The van der Waals surface area contributed by atoms with Crippen LogP contribution in [-0.2, 0) is 0 Å². The van der Waals surface area contributed by atoms with E-state index < -0.39 is 0 Å². The maximum absolute atomic E-state index is 7.61. The van der Waals surface area contributed by atoms with Gasteiger partial charge in [-0.25, -0.2) is 0 Å². The first kappa shape index (κ1) is 23.3. The van der Waals surface area contributed by atoms with Crippen molar-refractivity contribution in [3.63, 3.8) is 0 Å². The van der Waals surface area contributed by atoms with Gasteiger partial charge in [0.2, 0.25) is 0 Å². The lowest BCUT2D eigenvalue weighted by Gasteiger charge is -2.23. The fourth-order valence-electron chi connectivity index (χ4n) is 4.07. The van der Waals surface area contributed by atoms with Gasteiger partial charge in [-0.3, -0.25) is 10.4 Å². The summed E-state index contributed by atoms with van der Waals surface area (Å²) < 4.78 is 12.0. The lowest BCUT2D eigenvalue weighted by atomic mass is 9.92. The number of nitrogens with zero attached hydrogens (tertiary/aromatic N) is 1. The Kier molecular flexibility index (Phi) is 7.13. The number of amidine groups is 2. The standard InChI is InChI=1S/C27H31N5O2/c1-17-15-24(13-14-25(17)26(29)30)34-23-4-2-3-22(16-23)33-21-11-5-18(6-12-21)27(31)32-20-9-7-19(28)8-10-20/h2-6,11-16,19-20H,7-10,28H2,1H3,(H3,29,30)(H2,31,32). The molecule has 1 fully saturated rings. The number of benzene rings is 3. The van der Waals surface area contributed by atoms with Crippen molar-refractivity contribution in [2.75, 3.05) is 0 Å². The zero-order valence-electron chi connectivity index (χ0n) is 19.3. The fourth-order valence-corrected chi connectivity index (χ4v) is 4.07. The molecule has 3 aromatic carbocycles. The molecule has 34 heavy (non-hydrogen) atoms. The highest BCUT2D eigenvalue weighted by atomic mass is 16.5. The monoisotopic (exact) mass is 457 g/mol. The van der Waals surface area contributed by atoms with Crippen LogP contribution < -0.4 is 26.7 Å². The molecule has 0 atom stereocenters. The molecule has 0 aromatic heterocycles. The van der Waals surface area contributed by atoms with E-state index >= 15 is 0 Å². The number of nitrogen functional groups attached to an aromatic ring is 1. The zero-order valence-corrected chi connectivity index (χ0v) is 19.3. The molecule has 0 amide bonds. The van der Waals surface area contributed by atoms with Gasteiger partial charge in [0.15, 0.2) is 0 Å². The molecule has 176 valence electrons. The van der Waals surface area contributed by atoms with Crippen molar-refractivity contribution in [2.45, 2.75) is 44.7 Å². The highest BCUT2D eigenvalue weighted by Crippen LogP contribution is 2.29. The first-order valence-electron chi connectivity index (χ1n) is 11.5. The van der Waals surface area contributed by atoms with Crippen LogP contribution in [0.15, 0.2) is 71.7 Å². The average Bonchev–Trinajstić information content (AvgIpc) is 2.81. The molecule has 1 aliphatic carbocycles. The van der Waals surface area contributed by atoms with E-state index in [1.165, 1.54) is 0 Å². The van der Waals surface area contributed by atoms with Crippen molar-refractivity contribution >= 4 is 11.7 Å². The molecule has 7 nitrogen and oxygen atoms in total. The van der Waals surface area contributed by atoms with Crippen LogP contribution in [0.25, 0.3) is 0 Å². The minimum atomic E-state index is 0.0391. The molecule has 1 saturated carbocycles. The van der Waals surface area contributed by atoms with Crippen LogP contribution in [0.2, 0.25) is 0 Å². The van der Waals surface area contributed by atoms with Gasteiger partial charge in [0, 0.05) is 23.2 Å². The summed E-state index contributed by atoms with van der Waals surface area (Å²) in [5, 5.41) is 7.61. The molecular formula is C27H31N5O2. The first-order valence-corrected chi connectivity index (χ1v) is 11.5. The summed E-state index contributed by atoms with van der Waals surface area (Å²) in [6.07, 6.45) is 3.98. The van der Waals surface area contributed by atoms with Gasteiger partial charge in [-0.1, -0.05) is 6.07 Å². The molecule has 0 bridgehead atoms. The SMILES string of the molecule is Cc1cc(Oc2cccc(Oc3ccc(C(N)=NC4CCC(N)CC4)cc3)c2)ccc1C(=N)N. The number of nitrogens with two attached hydrogens (primary N) is 3. The van der Waals surface area contributed by atoms with E-state index in [9.17, 15) is 0 Å². The van der Waals surface area contributed by atoms with Crippen molar-refractivity contribution < 1.29 is 9.47 Å². The molecule has 0 heterocycles. The second-order valence-electron chi connectivity index (χ2n) is 8.68. The van der Waals surface area contributed by atoms with Crippen LogP contribution in [0, 0.1) is 12.3 Å². The predicted octanol–water partition coefficient (Wildman–Crippen LogP) is 4.84. The van der Waals surface area contributed by atoms with E-state index in [2.05, 4.69) is 4.99 Å². The summed E-state index contributed by atoms with van der Waals surface area (Å²) >= 11 is 0. The lowest BCUT2D eigenvalue weighted by molar-refractivity contribution is 0.396. The highest BCUT2D eigenvalue weighted by Gasteiger charge is 2.18. The third-order valence-electron chi connectivity index (χ3n) is 5.98. The second-order valence-corrected chi connectivity index (χ2v) is 8.68. The summed E-state index contributed by atoms with van der Waals surface area (Å²) in [7, 11) is 0. The van der Waals surface area contributed by atoms with Gasteiger partial charge in [0.05, 0.1) is 6.04 Å². The molecule has 3 aromatic rings. The van der Waals surface area contributed by atoms with Gasteiger partial charge in [-0.05, 0) is 92.8 Å². The van der Waals surface area contributed by atoms with Crippen molar-refractivity contribution in [3.05, 3.63) is 83.4 Å². The Labute approximate surface area is 200 Å². The quantitative estimate of drug-likeness (QED) is 0.298. The minimum Gasteiger partial charge on any atom is -0.457 e. The van der Waals surface area contributed by atoms with Crippen LogP contribution in [0.4, 0.5) is 0 Å². The second kappa shape index (κ2) is 10.4. The number of nitrogens with one attached hydrogen (secondary N) is 1. The van der Waals surface area contributed by atoms with Gasteiger partial charge in [0.25, 0.3) is 0 Å². The number of ether oxygens (including phenoxy) is 2. The summed E-state index contributed by atoms with van der Waals surface area (Å²) in [5.74, 6) is 3.25. The lowest BCUT2D eigenvalue weighted by Crippen LogP contribution is -2.29. The smallest absolute Gasteiger partial charge is 0.131 e. The Morgan fingerprint density at radius 2 is 1.41 bits per heavy atom. The van der Waals surface area contributed by atoms with Crippen molar-refractivity contribution in [1.82, 2.24) is 0 Å². The Morgan fingerprint density at radius 3 is 2.03 bits per heavy atom. The molecule has 4 rings (SSSR count). The predicted molar refractivity (Wildman–Crippen MR) is 136 cm³/mol. The van der Waals surface area contributed by atoms with E-state index in [0.29, 0.717) is 40.4 Å². The summed E-state index contributed by atoms with van der Waals surface area (Å²) in [5.41, 5.74) is 20.3. The van der Waals surface area contributed by atoms with E-state index in [1.54, 1.807) is 12.1 Å². The Bertz CT molecular complexity index is 1180. The van der Waals surface area contributed by atoms with Gasteiger partial charge in [0.1, 0.15) is 34.7 Å². The number of aliphatic imine (C=N–C) groups is 1. The third-order valence-corrected chi connectivity index (χ3v) is 5.98. The van der Waals surface area contributed by atoms with E-state index in [-0.39, 0.29) is 11.9 Å². The van der Waals surface area contributed by atoms with Crippen LogP contribution in [-0.4, -0.2) is 23.8 Å². The maximum atomic E-state index is 7.61. The van der Waals surface area contributed by atoms with E-state index in [0.717, 1.165) is 36.8 Å². The zero-order chi connectivity index (χ0) is 24.1.